The van der Waals surface area contributed by atoms with Crippen LogP contribution in [0.25, 0.3) is 0 Å². The molecule has 0 saturated heterocycles. The van der Waals surface area contributed by atoms with Gasteiger partial charge >= 0.3 is 11.9 Å². The van der Waals surface area contributed by atoms with Crippen LogP contribution in [0.4, 0.5) is 0 Å². The van der Waals surface area contributed by atoms with Gasteiger partial charge in [-0.25, -0.2) is 0 Å². The maximum absolute atomic E-state index is 12.1. The second kappa shape index (κ2) is 26.3. The smallest absolute Gasteiger partial charge is 0.307 e. The molecular formula is C30H56O4. The van der Waals surface area contributed by atoms with E-state index in [4.69, 9.17) is 9.84 Å². The molecule has 0 radical (unpaired) electrons. The van der Waals surface area contributed by atoms with Crippen molar-refractivity contribution in [2.75, 3.05) is 0 Å². The first-order valence-electron chi connectivity index (χ1n) is 14.7. The molecule has 1 unspecified atom stereocenters. The molecule has 0 aromatic carbocycles. The summed E-state index contributed by atoms with van der Waals surface area (Å²) in [4.78, 5) is 23.2. The summed E-state index contributed by atoms with van der Waals surface area (Å²) in [5.74, 6) is -1.12. The molecule has 0 aromatic rings. The lowest BCUT2D eigenvalue weighted by Crippen LogP contribution is -2.21. The van der Waals surface area contributed by atoms with Gasteiger partial charge in [0.25, 0.3) is 0 Å². The number of unbranched alkanes of at least 4 members (excludes halogenated alkanes) is 17. The maximum atomic E-state index is 12.1. The zero-order valence-electron chi connectivity index (χ0n) is 22.7. The van der Waals surface area contributed by atoms with Crippen LogP contribution in [0.2, 0.25) is 0 Å². The molecule has 0 aliphatic rings. The predicted octanol–water partition coefficient (Wildman–Crippen LogP) is 9.55. The summed E-state index contributed by atoms with van der Waals surface area (Å²) >= 11 is 0. The van der Waals surface area contributed by atoms with Crippen LogP contribution in [-0.2, 0) is 14.3 Å². The van der Waals surface area contributed by atoms with Gasteiger partial charge in [0.05, 0.1) is 6.42 Å². The molecule has 200 valence electrons. The third kappa shape index (κ3) is 25.3. The van der Waals surface area contributed by atoms with Crippen molar-refractivity contribution in [1.82, 2.24) is 0 Å². The Bertz CT molecular complexity index is 486. The molecule has 0 aliphatic carbocycles. The van der Waals surface area contributed by atoms with Crippen molar-refractivity contribution in [2.24, 2.45) is 0 Å². The SMILES string of the molecule is CCCCCCCC/C=C\CCCCCCCCC(=O)OC(CCCCCCCC)CC(=O)O. The Morgan fingerprint density at radius 1 is 0.647 bits per heavy atom. The highest BCUT2D eigenvalue weighted by Gasteiger charge is 2.17. The van der Waals surface area contributed by atoms with Gasteiger partial charge in [0.15, 0.2) is 0 Å². The quantitative estimate of drug-likeness (QED) is 0.0760. The lowest BCUT2D eigenvalue weighted by Gasteiger charge is -2.16. The van der Waals surface area contributed by atoms with E-state index in [2.05, 4.69) is 26.0 Å². The molecule has 0 aromatic heterocycles. The van der Waals surface area contributed by atoms with Gasteiger partial charge in [-0.15, -0.1) is 0 Å². The van der Waals surface area contributed by atoms with Crippen LogP contribution < -0.4 is 0 Å². The first-order valence-corrected chi connectivity index (χ1v) is 14.7. The van der Waals surface area contributed by atoms with E-state index >= 15 is 0 Å². The number of carboxylic acids is 1. The van der Waals surface area contributed by atoms with Crippen LogP contribution >= 0.6 is 0 Å². The third-order valence-electron chi connectivity index (χ3n) is 6.47. The van der Waals surface area contributed by atoms with Crippen LogP contribution in [-0.4, -0.2) is 23.1 Å². The van der Waals surface area contributed by atoms with Crippen molar-refractivity contribution in [3.05, 3.63) is 12.2 Å². The van der Waals surface area contributed by atoms with Gasteiger partial charge in [0.2, 0.25) is 0 Å². The predicted molar refractivity (Wildman–Crippen MR) is 144 cm³/mol. The average Bonchev–Trinajstić information content (AvgIpc) is 2.80. The fraction of sp³-hybridized carbons (Fsp3) is 0.867. The molecule has 0 fully saturated rings. The van der Waals surface area contributed by atoms with Crippen molar-refractivity contribution in [1.29, 1.82) is 0 Å². The van der Waals surface area contributed by atoms with Crippen LogP contribution in [0.15, 0.2) is 12.2 Å². The molecule has 4 nitrogen and oxygen atoms in total. The fourth-order valence-corrected chi connectivity index (χ4v) is 4.31. The van der Waals surface area contributed by atoms with Crippen molar-refractivity contribution < 1.29 is 19.4 Å². The van der Waals surface area contributed by atoms with Gasteiger partial charge < -0.3 is 9.84 Å². The van der Waals surface area contributed by atoms with Crippen LogP contribution in [0, 0.1) is 0 Å². The largest absolute Gasteiger partial charge is 0.481 e. The Balaban J connectivity index is 3.63. The number of aliphatic carboxylic acids is 1. The number of rotatable bonds is 26. The highest BCUT2D eigenvalue weighted by molar-refractivity contribution is 5.71. The van der Waals surface area contributed by atoms with E-state index in [0.717, 1.165) is 32.1 Å². The minimum absolute atomic E-state index is 0.0753. The van der Waals surface area contributed by atoms with E-state index in [0.29, 0.717) is 12.8 Å². The highest BCUT2D eigenvalue weighted by atomic mass is 16.5. The monoisotopic (exact) mass is 480 g/mol. The second-order valence-electron chi connectivity index (χ2n) is 9.95. The van der Waals surface area contributed by atoms with E-state index in [-0.39, 0.29) is 12.4 Å². The van der Waals surface area contributed by atoms with Crippen LogP contribution in [0.5, 0.6) is 0 Å². The van der Waals surface area contributed by atoms with Gasteiger partial charge in [-0.2, -0.15) is 0 Å². The van der Waals surface area contributed by atoms with E-state index in [1.165, 1.54) is 96.3 Å². The van der Waals surface area contributed by atoms with Crippen molar-refractivity contribution in [2.45, 2.75) is 168 Å². The Labute approximate surface area is 211 Å². The average molecular weight is 481 g/mol. The Morgan fingerprint density at radius 2 is 1.09 bits per heavy atom. The summed E-state index contributed by atoms with van der Waals surface area (Å²) in [5, 5.41) is 9.10. The summed E-state index contributed by atoms with van der Waals surface area (Å²) in [7, 11) is 0. The van der Waals surface area contributed by atoms with E-state index in [1.54, 1.807) is 0 Å². The Morgan fingerprint density at radius 3 is 1.59 bits per heavy atom. The normalized spacial score (nSPS) is 12.3. The summed E-state index contributed by atoms with van der Waals surface area (Å²) in [5.41, 5.74) is 0. The number of carbonyl (C=O) groups excluding carboxylic acids is 1. The summed E-state index contributed by atoms with van der Waals surface area (Å²) in [6.45, 7) is 4.46. The lowest BCUT2D eigenvalue weighted by atomic mass is 10.1. The van der Waals surface area contributed by atoms with E-state index < -0.39 is 12.1 Å². The number of hydrogen-bond acceptors (Lipinski definition) is 3. The number of esters is 1. The molecule has 1 N–H and O–H groups in total. The number of allylic oxidation sites excluding steroid dienone is 2. The van der Waals surface area contributed by atoms with E-state index in [9.17, 15) is 9.59 Å². The number of ether oxygens (including phenoxy) is 1. The van der Waals surface area contributed by atoms with Gasteiger partial charge in [0, 0.05) is 6.42 Å². The molecule has 0 aliphatic heterocycles. The zero-order valence-corrected chi connectivity index (χ0v) is 22.7. The Hall–Kier alpha value is -1.32. The fourth-order valence-electron chi connectivity index (χ4n) is 4.31. The number of hydrogen-bond donors (Lipinski definition) is 1. The topological polar surface area (TPSA) is 63.6 Å². The van der Waals surface area contributed by atoms with Gasteiger partial charge in [0.1, 0.15) is 6.10 Å². The standard InChI is InChI=1S/C30H56O4/c1-3-5-7-9-11-12-13-14-15-16-17-18-19-20-22-24-26-30(33)34-28(27-29(31)32)25-23-21-10-8-6-4-2/h14-15,28H,3-13,16-27H2,1-2H3,(H,31,32)/b15-14-. The van der Waals surface area contributed by atoms with Gasteiger partial charge in [-0.3, -0.25) is 9.59 Å². The molecule has 0 amide bonds. The highest BCUT2D eigenvalue weighted by Crippen LogP contribution is 2.15. The van der Waals surface area contributed by atoms with Crippen LogP contribution in [0.1, 0.15) is 162 Å². The van der Waals surface area contributed by atoms with Crippen molar-refractivity contribution >= 4 is 11.9 Å². The molecule has 1 atom stereocenters. The minimum atomic E-state index is -0.888. The van der Waals surface area contributed by atoms with Gasteiger partial charge in [-0.1, -0.05) is 116 Å². The maximum Gasteiger partial charge on any atom is 0.307 e. The summed E-state index contributed by atoms with van der Waals surface area (Å²) in [6, 6.07) is 0. The summed E-state index contributed by atoms with van der Waals surface area (Å²) < 4.78 is 5.49. The molecule has 0 rings (SSSR count). The van der Waals surface area contributed by atoms with Crippen molar-refractivity contribution in [3.8, 4) is 0 Å². The Kier molecular flexibility index (Phi) is 25.3. The molecule has 4 heteroatoms. The first-order chi connectivity index (χ1) is 16.6. The molecular weight excluding hydrogens is 424 g/mol. The second-order valence-corrected chi connectivity index (χ2v) is 9.95. The molecule has 34 heavy (non-hydrogen) atoms. The first kappa shape index (κ1) is 32.7. The minimum Gasteiger partial charge on any atom is -0.481 e. The molecule has 0 heterocycles. The van der Waals surface area contributed by atoms with Gasteiger partial charge in [-0.05, 0) is 44.9 Å². The number of carbonyl (C=O) groups is 2. The van der Waals surface area contributed by atoms with Crippen molar-refractivity contribution in [3.63, 3.8) is 0 Å². The molecule has 0 bridgehead atoms. The summed E-state index contributed by atoms with van der Waals surface area (Å²) in [6.07, 6.45) is 29.5. The van der Waals surface area contributed by atoms with E-state index in [1.807, 2.05) is 0 Å². The third-order valence-corrected chi connectivity index (χ3v) is 6.47. The molecule has 0 saturated carbocycles. The zero-order chi connectivity index (χ0) is 25.1. The number of carboxylic acid groups (broad SMARTS) is 1. The van der Waals surface area contributed by atoms with Crippen LogP contribution in [0.3, 0.4) is 0 Å². The lowest BCUT2D eigenvalue weighted by molar-refractivity contribution is -0.153. The molecule has 0 spiro atoms.